The maximum Gasteiger partial charge on any atom is 0.274 e. The van der Waals surface area contributed by atoms with Gasteiger partial charge in [-0.2, -0.15) is 10.5 Å². The number of nitriles is 2. The molecule has 0 fully saturated rings. The number of aromatic nitrogens is 1. The van der Waals surface area contributed by atoms with E-state index in [9.17, 15) is 15.3 Å². The van der Waals surface area contributed by atoms with Crippen LogP contribution in [0.4, 0.5) is 0 Å². The van der Waals surface area contributed by atoms with Gasteiger partial charge in [0.05, 0.1) is 62.2 Å². The predicted octanol–water partition coefficient (Wildman–Crippen LogP) is 1.90. The summed E-state index contributed by atoms with van der Waals surface area (Å²) in [5, 5.41) is 20.1. The maximum atomic E-state index is 13.4. The van der Waals surface area contributed by atoms with Crippen molar-refractivity contribution < 1.29 is 18.9 Å². The minimum Gasteiger partial charge on any atom is -0.493 e. The summed E-state index contributed by atoms with van der Waals surface area (Å²) >= 11 is 1.13. The number of nitrogens with zero attached hydrogens (tertiary/aromatic N) is 3. The Morgan fingerprint density at radius 1 is 0.889 bits per heavy atom. The van der Waals surface area contributed by atoms with Gasteiger partial charge in [0.25, 0.3) is 5.56 Å². The summed E-state index contributed by atoms with van der Waals surface area (Å²) in [5.74, 6) is 1.23. The van der Waals surface area contributed by atoms with Gasteiger partial charge in [-0.3, -0.25) is 9.36 Å². The highest BCUT2D eigenvalue weighted by Crippen LogP contribution is 2.39. The third kappa shape index (κ3) is 3.94. The van der Waals surface area contributed by atoms with E-state index in [1.54, 1.807) is 42.5 Å². The van der Waals surface area contributed by atoms with Gasteiger partial charge in [0, 0.05) is 0 Å². The van der Waals surface area contributed by atoms with Crippen molar-refractivity contribution in [2.75, 3.05) is 28.4 Å². The maximum absolute atomic E-state index is 13.4. The van der Waals surface area contributed by atoms with Crippen LogP contribution in [0.2, 0.25) is 0 Å². The quantitative estimate of drug-likeness (QED) is 0.540. The van der Waals surface area contributed by atoms with Gasteiger partial charge in [0.15, 0.2) is 23.0 Å². The second-order valence-electron chi connectivity index (χ2n) is 7.65. The SMILES string of the molecule is COc1ccc(/C=c2/sc3n(c2=O)C(N)=C(C#N)[C@@H](c2ccc(OC)c(OC)c2)C=3C#N)cc1OC. The Labute approximate surface area is 210 Å². The lowest BCUT2D eigenvalue weighted by Crippen LogP contribution is -2.38. The van der Waals surface area contributed by atoms with Crippen LogP contribution in [0, 0.1) is 22.7 Å². The molecule has 1 aromatic heterocycles. The minimum atomic E-state index is -0.771. The fourth-order valence-corrected chi connectivity index (χ4v) is 5.24. The highest BCUT2D eigenvalue weighted by Gasteiger charge is 2.32. The van der Waals surface area contributed by atoms with E-state index < -0.39 is 11.5 Å². The molecule has 0 aliphatic carbocycles. The van der Waals surface area contributed by atoms with E-state index in [4.69, 9.17) is 24.7 Å². The molecule has 0 saturated heterocycles. The van der Waals surface area contributed by atoms with Gasteiger partial charge in [-0.25, -0.2) is 0 Å². The minimum absolute atomic E-state index is 0.0144. The largest absolute Gasteiger partial charge is 0.493 e. The lowest BCUT2D eigenvalue weighted by molar-refractivity contribution is 0.354. The Bertz CT molecular complexity index is 1650. The Morgan fingerprint density at radius 3 is 2.06 bits per heavy atom. The molecule has 1 aliphatic rings. The van der Waals surface area contributed by atoms with Gasteiger partial charge in [0.2, 0.25) is 0 Å². The molecular weight excluding hydrogens is 480 g/mol. The van der Waals surface area contributed by atoms with Crippen LogP contribution in [0.3, 0.4) is 0 Å². The highest BCUT2D eigenvalue weighted by atomic mass is 32.1. The van der Waals surface area contributed by atoms with Crippen molar-refractivity contribution in [2.45, 2.75) is 5.92 Å². The summed E-state index contributed by atoms with van der Waals surface area (Å²) in [4.78, 5) is 13.4. The molecule has 0 spiro atoms. The summed E-state index contributed by atoms with van der Waals surface area (Å²) < 4.78 is 23.3. The molecule has 36 heavy (non-hydrogen) atoms. The summed E-state index contributed by atoms with van der Waals surface area (Å²) in [7, 11) is 6.08. The Balaban J connectivity index is 1.99. The zero-order valence-electron chi connectivity index (χ0n) is 20.0. The molecule has 4 rings (SSSR count). The van der Waals surface area contributed by atoms with Crippen LogP contribution in [0.15, 0.2) is 46.8 Å². The first kappa shape index (κ1) is 24.5. The van der Waals surface area contributed by atoms with Crippen molar-refractivity contribution in [1.29, 1.82) is 10.5 Å². The average molecular weight is 503 g/mol. The highest BCUT2D eigenvalue weighted by molar-refractivity contribution is 7.07. The Morgan fingerprint density at radius 2 is 1.47 bits per heavy atom. The molecule has 2 aromatic carbocycles. The molecule has 10 heteroatoms. The number of allylic oxidation sites excluding steroid dienone is 1. The van der Waals surface area contributed by atoms with Gasteiger partial charge in [-0.15, -0.1) is 11.3 Å². The lowest BCUT2D eigenvalue weighted by atomic mass is 9.84. The van der Waals surface area contributed by atoms with Crippen LogP contribution in [0.1, 0.15) is 17.0 Å². The van der Waals surface area contributed by atoms with E-state index in [2.05, 4.69) is 12.1 Å². The average Bonchev–Trinajstić information content (AvgIpc) is 3.23. The van der Waals surface area contributed by atoms with Crippen molar-refractivity contribution in [3.8, 4) is 35.1 Å². The second kappa shape index (κ2) is 9.90. The zero-order valence-corrected chi connectivity index (χ0v) is 20.8. The summed E-state index contributed by atoms with van der Waals surface area (Å²) in [6.07, 6.45) is 1.68. The van der Waals surface area contributed by atoms with E-state index in [1.165, 1.54) is 33.0 Å². The molecule has 182 valence electrons. The van der Waals surface area contributed by atoms with Crippen molar-refractivity contribution in [3.63, 3.8) is 0 Å². The molecule has 0 unspecified atom stereocenters. The first-order chi connectivity index (χ1) is 17.4. The second-order valence-corrected chi connectivity index (χ2v) is 8.69. The topological polar surface area (TPSA) is 133 Å². The number of benzene rings is 2. The van der Waals surface area contributed by atoms with Gasteiger partial charge >= 0.3 is 0 Å². The third-order valence-electron chi connectivity index (χ3n) is 5.84. The fraction of sp³-hybridized carbons (Fsp3) is 0.192. The number of thiazole rings is 1. The van der Waals surface area contributed by atoms with Crippen molar-refractivity contribution in [2.24, 2.45) is 5.73 Å². The molecule has 2 heterocycles. The normalized spacial score (nSPS) is 15.1. The standard InChI is InChI=1S/C26H22N4O5S/c1-32-18-7-5-14(9-20(18)34-3)10-22-25(31)30-24(29)16(12-27)23(17(13-28)26(30)36-22)15-6-8-19(33-2)21(11-15)35-4/h5-11,23H,29H2,1-4H3/b22-10+/t23-/m1/s1. The fourth-order valence-electron chi connectivity index (χ4n) is 4.11. The van der Waals surface area contributed by atoms with E-state index in [-0.39, 0.29) is 17.0 Å². The first-order valence-electron chi connectivity index (χ1n) is 10.6. The van der Waals surface area contributed by atoms with Crippen molar-refractivity contribution in [1.82, 2.24) is 4.57 Å². The molecular formula is C26H22N4O5S. The van der Waals surface area contributed by atoms with Crippen molar-refractivity contribution in [3.05, 3.63) is 72.6 Å². The predicted molar refractivity (Wildman–Crippen MR) is 135 cm³/mol. The van der Waals surface area contributed by atoms with Crippen LogP contribution >= 0.6 is 11.3 Å². The lowest BCUT2D eigenvalue weighted by Gasteiger charge is -2.23. The van der Waals surface area contributed by atoms with E-state index in [1.807, 2.05) is 0 Å². The zero-order chi connectivity index (χ0) is 26.0. The van der Waals surface area contributed by atoms with Gasteiger partial charge < -0.3 is 24.7 Å². The Kier molecular flexibility index (Phi) is 6.73. The molecule has 1 aliphatic heterocycles. The summed E-state index contributed by atoms with van der Waals surface area (Å²) in [5.41, 5.74) is 7.59. The molecule has 0 saturated carbocycles. The van der Waals surface area contributed by atoms with Crippen LogP contribution < -0.4 is 39.4 Å². The molecule has 1 atom stereocenters. The summed E-state index contributed by atoms with van der Waals surface area (Å²) in [6.45, 7) is 0. The third-order valence-corrected chi connectivity index (χ3v) is 6.94. The smallest absolute Gasteiger partial charge is 0.274 e. The van der Waals surface area contributed by atoms with Gasteiger partial charge in [-0.05, 0) is 41.5 Å². The number of methoxy groups -OCH3 is 4. The summed E-state index contributed by atoms with van der Waals surface area (Å²) in [6, 6.07) is 14.7. The molecule has 9 nitrogen and oxygen atoms in total. The number of ether oxygens (including phenoxy) is 4. The van der Waals surface area contributed by atoms with Gasteiger partial charge in [-0.1, -0.05) is 12.1 Å². The number of nitrogens with two attached hydrogens (primary N) is 1. The monoisotopic (exact) mass is 502 g/mol. The van der Waals surface area contributed by atoms with Crippen LogP contribution in [-0.2, 0) is 0 Å². The van der Waals surface area contributed by atoms with E-state index >= 15 is 0 Å². The molecule has 0 bridgehead atoms. The van der Waals surface area contributed by atoms with Crippen molar-refractivity contribution >= 4 is 28.8 Å². The van der Waals surface area contributed by atoms with E-state index in [0.29, 0.717) is 43.3 Å². The molecule has 3 aromatic rings. The van der Waals surface area contributed by atoms with E-state index in [0.717, 1.165) is 11.3 Å². The van der Waals surface area contributed by atoms with Crippen LogP contribution in [0.25, 0.3) is 17.5 Å². The van der Waals surface area contributed by atoms with Crippen LogP contribution in [-0.4, -0.2) is 33.0 Å². The van der Waals surface area contributed by atoms with Gasteiger partial charge in [0.1, 0.15) is 10.5 Å². The molecule has 0 radical (unpaired) electrons. The number of fused-ring (bicyclic) bond motifs is 1. The first-order valence-corrected chi connectivity index (χ1v) is 11.5. The molecule has 2 N–H and O–H groups in total. The Hall–Kier alpha value is -4.67. The molecule has 0 amide bonds. The number of hydrogen-bond donors (Lipinski definition) is 1. The number of rotatable bonds is 6. The van der Waals surface area contributed by atoms with Crippen LogP contribution in [0.5, 0.6) is 23.0 Å². The number of hydrogen-bond acceptors (Lipinski definition) is 9.